The topological polar surface area (TPSA) is 21.3 Å². The van der Waals surface area contributed by atoms with Gasteiger partial charge in [-0.15, -0.1) is 0 Å². The van der Waals surface area contributed by atoms with E-state index in [4.69, 9.17) is 4.74 Å². The number of hydrogen-bond donors (Lipinski definition) is 1. The summed E-state index contributed by atoms with van der Waals surface area (Å²) in [5, 5.41) is 3.22. The van der Waals surface area contributed by atoms with Gasteiger partial charge in [0.25, 0.3) is 0 Å². The maximum absolute atomic E-state index is 14.1. The van der Waals surface area contributed by atoms with Crippen LogP contribution in [-0.2, 0) is 0 Å². The molecule has 2 aromatic carbocycles. The van der Waals surface area contributed by atoms with Crippen LogP contribution < -0.4 is 10.1 Å². The van der Waals surface area contributed by atoms with Crippen molar-refractivity contribution in [2.45, 2.75) is 26.8 Å². The van der Waals surface area contributed by atoms with Gasteiger partial charge in [0.15, 0.2) is 11.6 Å². The Morgan fingerprint density at radius 2 is 1.81 bits per heavy atom. The molecule has 0 saturated carbocycles. The molecular formula is C17H19F2NO. The van der Waals surface area contributed by atoms with E-state index >= 15 is 0 Å². The van der Waals surface area contributed by atoms with Crippen LogP contribution in [0, 0.1) is 18.6 Å². The van der Waals surface area contributed by atoms with Crippen LogP contribution in [0.15, 0.2) is 36.4 Å². The van der Waals surface area contributed by atoms with Crippen molar-refractivity contribution in [2.75, 3.05) is 6.54 Å². The molecule has 0 spiro atoms. The highest BCUT2D eigenvalue weighted by atomic mass is 19.1. The van der Waals surface area contributed by atoms with Gasteiger partial charge in [-0.2, -0.15) is 0 Å². The summed E-state index contributed by atoms with van der Waals surface area (Å²) in [6, 6.07) is 9.11. The molecule has 1 N–H and O–H groups in total. The molecule has 0 heterocycles. The lowest BCUT2D eigenvalue weighted by atomic mass is 10.1. The lowest BCUT2D eigenvalue weighted by Gasteiger charge is -2.15. The zero-order chi connectivity index (χ0) is 15.4. The molecule has 2 rings (SSSR count). The average Bonchev–Trinajstić information content (AvgIpc) is 2.44. The van der Waals surface area contributed by atoms with Crippen molar-refractivity contribution in [1.82, 2.24) is 5.32 Å². The van der Waals surface area contributed by atoms with Gasteiger partial charge in [0, 0.05) is 6.04 Å². The smallest absolute Gasteiger partial charge is 0.166 e. The lowest BCUT2D eigenvalue weighted by Crippen LogP contribution is -2.17. The second-order valence-electron chi connectivity index (χ2n) is 4.98. The highest BCUT2D eigenvalue weighted by Gasteiger charge is 2.11. The molecule has 0 saturated heterocycles. The van der Waals surface area contributed by atoms with Gasteiger partial charge < -0.3 is 10.1 Å². The number of benzene rings is 2. The summed E-state index contributed by atoms with van der Waals surface area (Å²) in [6.07, 6.45) is 0. The van der Waals surface area contributed by atoms with E-state index in [1.165, 1.54) is 24.3 Å². The molecule has 0 aromatic heterocycles. The number of ether oxygens (including phenoxy) is 1. The third-order valence-electron chi connectivity index (χ3n) is 3.32. The fourth-order valence-corrected chi connectivity index (χ4v) is 2.14. The number of rotatable bonds is 5. The van der Waals surface area contributed by atoms with Crippen molar-refractivity contribution in [2.24, 2.45) is 0 Å². The molecule has 0 bridgehead atoms. The van der Waals surface area contributed by atoms with Crippen molar-refractivity contribution in [3.05, 3.63) is 59.2 Å². The van der Waals surface area contributed by atoms with E-state index in [0.717, 1.165) is 12.1 Å². The van der Waals surface area contributed by atoms with Crippen LogP contribution in [0.5, 0.6) is 11.5 Å². The van der Waals surface area contributed by atoms with Crippen molar-refractivity contribution in [1.29, 1.82) is 0 Å². The van der Waals surface area contributed by atoms with Crippen molar-refractivity contribution in [3.8, 4) is 11.5 Å². The van der Waals surface area contributed by atoms with Gasteiger partial charge >= 0.3 is 0 Å². The molecule has 0 aliphatic rings. The molecule has 0 amide bonds. The molecule has 1 unspecified atom stereocenters. The predicted octanol–water partition coefficient (Wildman–Crippen LogP) is 4.74. The second-order valence-corrected chi connectivity index (χ2v) is 4.98. The molecule has 0 aliphatic heterocycles. The van der Waals surface area contributed by atoms with E-state index in [-0.39, 0.29) is 17.6 Å². The van der Waals surface area contributed by atoms with Crippen LogP contribution in [0.4, 0.5) is 8.78 Å². The van der Waals surface area contributed by atoms with E-state index < -0.39 is 5.82 Å². The maximum Gasteiger partial charge on any atom is 0.166 e. The highest BCUT2D eigenvalue weighted by molar-refractivity contribution is 5.39. The van der Waals surface area contributed by atoms with Gasteiger partial charge in [-0.3, -0.25) is 0 Å². The Kier molecular flexibility index (Phi) is 4.91. The Hall–Kier alpha value is -1.94. The molecule has 2 aromatic rings. The highest BCUT2D eigenvalue weighted by Crippen LogP contribution is 2.29. The van der Waals surface area contributed by atoms with Crippen LogP contribution in [-0.4, -0.2) is 6.54 Å². The first-order chi connectivity index (χ1) is 10.0. The Morgan fingerprint density at radius 1 is 1.10 bits per heavy atom. The SMILES string of the molecule is CCNC(C)c1ccc(Oc2ccc(F)cc2C)c(F)c1. The van der Waals surface area contributed by atoms with Crippen LogP contribution in [0.1, 0.15) is 31.0 Å². The molecule has 21 heavy (non-hydrogen) atoms. The summed E-state index contributed by atoms with van der Waals surface area (Å²) in [5.74, 6) is -0.184. The Morgan fingerprint density at radius 3 is 2.43 bits per heavy atom. The largest absolute Gasteiger partial charge is 0.454 e. The van der Waals surface area contributed by atoms with Gasteiger partial charge in [-0.1, -0.05) is 13.0 Å². The summed E-state index contributed by atoms with van der Waals surface area (Å²) in [7, 11) is 0. The molecule has 1 atom stereocenters. The van der Waals surface area contributed by atoms with Crippen molar-refractivity contribution >= 4 is 0 Å². The van der Waals surface area contributed by atoms with E-state index in [1.807, 2.05) is 19.9 Å². The molecule has 0 radical (unpaired) electrons. The Labute approximate surface area is 123 Å². The first-order valence-corrected chi connectivity index (χ1v) is 6.98. The zero-order valence-corrected chi connectivity index (χ0v) is 12.4. The van der Waals surface area contributed by atoms with Gasteiger partial charge in [0.2, 0.25) is 0 Å². The van der Waals surface area contributed by atoms with E-state index in [2.05, 4.69) is 5.32 Å². The number of hydrogen-bond acceptors (Lipinski definition) is 2. The minimum absolute atomic E-state index is 0.0751. The Bertz CT molecular complexity index is 628. The number of aryl methyl sites for hydroxylation is 1. The molecule has 0 fully saturated rings. The minimum Gasteiger partial charge on any atom is -0.454 e. The van der Waals surface area contributed by atoms with Crippen LogP contribution in [0.3, 0.4) is 0 Å². The van der Waals surface area contributed by atoms with Crippen LogP contribution in [0.2, 0.25) is 0 Å². The van der Waals surface area contributed by atoms with Crippen LogP contribution in [0.25, 0.3) is 0 Å². The molecule has 0 aliphatic carbocycles. The average molecular weight is 291 g/mol. The first-order valence-electron chi connectivity index (χ1n) is 6.98. The van der Waals surface area contributed by atoms with Gasteiger partial charge in [0.05, 0.1) is 0 Å². The third-order valence-corrected chi connectivity index (χ3v) is 3.32. The third kappa shape index (κ3) is 3.79. The van der Waals surface area contributed by atoms with E-state index in [0.29, 0.717) is 11.3 Å². The van der Waals surface area contributed by atoms with E-state index in [1.54, 1.807) is 13.0 Å². The zero-order valence-electron chi connectivity index (χ0n) is 12.4. The molecule has 4 heteroatoms. The fourth-order valence-electron chi connectivity index (χ4n) is 2.14. The quantitative estimate of drug-likeness (QED) is 0.859. The summed E-state index contributed by atoms with van der Waals surface area (Å²) in [5.41, 5.74) is 1.48. The standard InChI is InChI=1S/C17H19F2NO/c1-4-20-12(3)13-5-7-17(15(19)10-13)21-16-8-6-14(18)9-11(16)2/h5-10,12,20H,4H2,1-3H3. The van der Waals surface area contributed by atoms with Gasteiger partial charge in [-0.25, -0.2) is 8.78 Å². The van der Waals surface area contributed by atoms with Crippen molar-refractivity contribution < 1.29 is 13.5 Å². The first kappa shape index (κ1) is 15.4. The maximum atomic E-state index is 14.1. The summed E-state index contributed by atoms with van der Waals surface area (Å²) < 4.78 is 32.7. The normalized spacial score (nSPS) is 12.2. The summed E-state index contributed by atoms with van der Waals surface area (Å²) in [4.78, 5) is 0. The molecule has 112 valence electrons. The fraction of sp³-hybridized carbons (Fsp3) is 0.294. The number of halogens is 2. The predicted molar refractivity (Wildman–Crippen MR) is 79.7 cm³/mol. The molecule has 2 nitrogen and oxygen atoms in total. The van der Waals surface area contributed by atoms with Gasteiger partial charge in [-0.05, 0) is 61.9 Å². The number of nitrogens with one attached hydrogen (secondary N) is 1. The minimum atomic E-state index is -0.430. The molecular weight excluding hydrogens is 272 g/mol. The monoisotopic (exact) mass is 291 g/mol. The summed E-state index contributed by atoms with van der Waals surface area (Å²) in [6.45, 7) is 6.51. The lowest BCUT2D eigenvalue weighted by molar-refractivity contribution is 0.436. The Balaban J connectivity index is 2.21. The van der Waals surface area contributed by atoms with Gasteiger partial charge in [0.1, 0.15) is 11.6 Å². The van der Waals surface area contributed by atoms with E-state index in [9.17, 15) is 8.78 Å². The second kappa shape index (κ2) is 6.68. The van der Waals surface area contributed by atoms with Crippen molar-refractivity contribution in [3.63, 3.8) is 0 Å². The summed E-state index contributed by atoms with van der Waals surface area (Å²) >= 11 is 0. The van der Waals surface area contributed by atoms with Crippen LogP contribution >= 0.6 is 0 Å².